The van der Waals surface area contributed by atoms with Crippen LogP contribution in [0, 0.1) is 0 Å². The van der Waals surface area contributed by atoms with E-state index < -0.39 is 0 Å². The second kappa shape index (κ2) is 6.35. The van der Waals surface area contributed by atoms with Crippen molar-refractivity contribution in [2.24, 2.45) is 0 Å². The Hall–Kier alpha value is -0.120. The van der Waals surface area contributed by atoms with Crippen LogP contribution in [0.1, 0.15) is 32.1 Å². The maximum atomic E-state index is 9.40. The van der Waals surface area contributed by atoms with Gasteiger partial charge in [-0.15, -0.1) is 0 Å². The molecule has 0 aromatic rings. The monoisotopic (exact) mass is 187 g/mol. The molecule has 0 spiro atoms. The lowest BCUT2D eigenvalue weighted by Crippen LogP contribution is -2.38. The van der Waals surface area contributed by atoms with E-state index >= 15 is 0 Å². The molecule has 2 N–H and O–H groups in total. The van der Waals surface area contributed by atoms with Crippen molar-refractivity contribution in [2.75, 3.05) is 26.2 Å². The van der Waals surface area contributed by atoms with Gasteiger partial charge in [0.1, 0.15) is 0 Å². The van der Waals surface area contributed by atoms with Crippen molar-refractivity contribution in [3.8, 4) is 0 Å². The van der Waals surface area contributed by atoms with E-state index in [4.69, 9.17) is 5.11 Å². The minimum absolute atomic E-state index is 0.105. The van der Waals surface area contributed by atoms with Crippen LogP contribution in [0.4, 0.5) is 0 Å². The minimum Gasteiger partial charge on any atom is -0.396 e. The van der Waals surface area contributed by atoms with Crippen molar-refractivity contribution in [3.05, 3.63) is 0 Å². The summed E-state index contributed by atoms with van der Waals surface area (Å²) in [6.45, 7) is 3.37. The topological polar surface area (TPSA) is 43.7 Å². The Kier molecular flexibility index (Phi) is 5.35. The van der Waals surface area contributed by atoms with Gasteiger partial charge >= 0.3 is 0 Å². The zero-order chi connectivity index (χ0) is 9.52. The molecule has 0 radical (unpaired) electrons. The molecular weight excluding hydrogens is 166 g/mol. The SMILES string of the molecule is OCCCCCN1CCC[C@H](O)C1. The van der Waals surface area contributed by atoms with Gasteiger partial charge in [0.2, 0.25) is 0 Å². The maximum Gasteiger partial charge on any atom is 0.0667 e. The molecule has 1 atom stereocenters. The van der Waals surface area contributed by atoms with Gasteiger partial charge in [-0.3, -0.25) is 0 Å². The van der Waals surface area contributed by atoms with Gasteiger partial charge in [0.05, 0.1) is 6.10 Å². The zero-order valence-corrected chi connectivity index (χ0v) is 8.28. The molecule has 1 fully saturated rings. The number of likely N-dealkylation sites (tertiary alicyclic amines) is 1. The largest absolute Gasteiger partial charge is 0.396 e. The van der Waals surface area contributed by atoms with Gasteiger partial charge in [0.15, 0.2) is 0 Å². The first-order valence-electron chi connectivity index (χ1n) is 5.34. The highest BCUT2D eigenvalue weighted by Crippen LogP contribution is 2.10. The highest BCUT2D eigenvalue weighted by molar-refractivity contribution is 4.71. The van der Waals surface area contributed by atoms with Gasteiger partial charge in [-0.25, -0.2) is 0 Å². The maximum absolute atomic E-state index is 9.40. The van der Waals surface area contributed by atoms with Crippen LogP contribution in [0.5, 0.6) is 0 Å². The number of rotatable bonds is 5. The fourth-order valence-electron chi connectivity index (χ4n) is 1.86. The van der Waals surface area contributed by atoms with Gasteiger partial charge in [0.25, 0.3) is 0 Å². The quantitative estimate of drug-likeness (QED) is 0.620. The molecular formula is C10H21NO2. The number of aliphatic hydroxyl groups excluding tert-OH is 2. The van der Waals surface area contributed by atoms with Crippen LogP contribution in [0.15, 0.2) is 0 Å². The average Bonchev–Trinajstić information content (AvgIpc) is 2.13. The number of unbranched alkanes of at least 4 members (excludes halogenated alkanes) is 2. The Morgan fingerprint density at radius 3 is 2.77 bits per heavy atom. The predicted molar refractivity (Wildman–Crippen MR) is 52.6 cm³/mol. The standard InChI is InChI=1S/C10H21NO2/c12-8-3-1-2-6-11-7-4-5-10(13)9-11/h10,12-13H,1-9H2/t10-/m0/s1. The summed E-state index contributed by atoms with van der Waals surface area (Å²) >= 11 is 0. The molecule has 0 unspecified atom stereocenters. The van der Waals surface area contributed by atoms with Crippen LogP contribution >= 0.6 is 0 Å². The molecule has 0 bridgehead atoms. The Morgan fingerprint density at radius 1 is 1.23 bits per heavy atom. The summed E-state index contributed by atoms with van der Waals surface area (Å²) in [6.07, 6.45) is 5.15. The lowest BCUT2D eigenvalue weighted by atomic mass is 10.1. The van der Waals surface area contributed by atoms with Crippen LogP contribution in [0.2, 0.25) is 0 Å². The summed E-state index contributed by atoms with van der Waals surface area (Å²) in [6, 6.07) is 0. The van der Waals surface area contributed by atoms with Gasteiger partial charge in [0, 0.05) is 13.2 Å². The van der Waals surface area contributed by atoms with Crippen molar-refractivity contribution >= 4 is 0 Å². The molecule has 0 saturated carbocycles. The first-order chi connectivity index (χ1) is 6.33. The molecule has 1 heterocycles. The Balaban J connectivity index is 2.00. The molecule has 1 aliphatic rings. The van der Waals surface area contributed by atoms with Crippen molar-refractivity contribution in [1.29, 1.82) is 0 Å². The molecule has 0 aromatic carbocycles. The third kappa shape index (κ3) is 4.60. The highest BCUT2D eigenvalue weighted by Gasteiger charge is 2.16. The molecule has 0 aliphatic carbocycles. The lowest BCUT2D eigenvalue weighted by Gasteiger charge is -2.29. The van der Waals surface area contributed by atoms with Gasteiger partial charge in [-0.1, -0.05) is 0 Å². The lowest BCUT2D eigenvalue weighted by molar-refractivity contribution is 0.0696. The molecule has 3 nitrogen and oxygen atoms in total. The van der Waals surface area contributed by atoms with Crippen molar-refractivity contribution in [2.45, 2.75) is 38.2 Å². The van der Waals surface area contributed by atoms with Crippen LogP contribution in [-0.4, -0.2) is 47.5 Å². The number of nitrogens with zero attached hydrogens (tertiary/aromatic N) is 1. The molecule has 3 heteroatoms. The fourth-order valence-corrected chi connectivity index (χ4v) is 1.86. The van der Waals surface area contributed by atoms with Gasteiger partial charge in [-0.2, -0.15) is 0 Å². The number of hydrogen-bond acceptors (Lipinski definition) is 3. The summed E-state index contributed by atoms with van der Waals surface area (Å²) < 4.78 is 0. The number of aliphatic hydroxyl groups is 2. The van der Waals surface area contributed by atoms with Crippen LogP contribution in [-0.2, 0) is 0 Å². The molecule has 13 heavy (non-hydrogen) atoms. The highest BCUT2D eigenvalue weighted by atomic mass is 16.3. The normalized spacial score (nSPS) is 24.9. The second-order valence-corrected chi connectivity index (χ2v) is 3.88. The summed E-state index contributed by atoms with van der Waals surface area (Å²) in [5.74, 6) is 0. The molecule has 1 rings (SSSR count). The number of β-amino-alcohol motifs (C(OH)–C–C–N with tert-alkyl or cyclic N) is 1. The van der Waals surface area contributed by atoms with E-state index in [-0.39, 0.29) is 6.10 Å². The molecule has 0 amide bonds. The predicted octanol–water partition coefficient (Wildman–Crippen LogP) is 0.606. The Morgan fingerprint density at radius 2 is 2.08 bits per heavy atom. The first-order valence-corrected chi connectivity index (χ1v) is 5.34. The van der Waals surface area contributed by atoms with Crippen LogP contribution in [0.25, 0.3) is 0 Å². The van der Waals surface area contributed by atoms with Gasteiger partial charge < -0.3 is 15.1 Å². The summed E-state index contributed by atoms with van der Waals surface area (Å²) in [4.78, 5) is 2.32. The zero-order valence-electron chi connectivity index (χ0n) is 8.28. The Labute approximate surface area is 80.4 Å². The fraction of sp³-hybridized carbons (Fsp3) is 1.00. The minimum atomic E-state index is -0.105. The van der Waals surface area contributed by atoms with E-state index in [1.165, 1.54) is 0 Å². The van der Waals surface area contributed by atoms with Gasteiger partial charge in [-0.05, 0) is 45.2 Å². The Bertz CT molecular complexity index is 130. The third-order valence-electron chi connectivity index (χ3n) is 2.61. The summed E-state index contributed by atoms with van der Waals surface area (Å²) in [5, 5.41) is 18.0. The molecule has 1 aliphatic heterocycles. The van der Waals surface area contributed by atoms with Crippen molar-refractivity contribution < 1.29 is 10.2 Å². The number of piperidine rings is 1. The van der Waals surface area contributed by atoms with E-state index in [1.807, 2.05) is 0 Å². The smallest absolute Gasteiger partial charge is 0.0667 e. The first kappa shape index (κ1) is 11.0. The molecule has 1 saturated heterocycles. The third-order valence-corrected chi connectivity index (χ3v) is 2.61. The summed E-state index contributed by atoms with van der Waals surface area (Å²) in [7, 11) is 0. The number of hydrogen-bond donors (Lipinski definition) is 2. The van der Waals surface area contributed by atoms with E-state index in [0.29, 0.717) is 6.61 Å². The molecule has 0 aromatic heterocycles. The van der Waals surface area contributed by atoms with Crippen LogP contribution < -0.4 is 0 Å². The van der Waals surface area contributed by atoms with E-state index in [9.17, 15) is 5.11 Å². The van der Waals surface area contributed by atoms with E-state index in [0.717, 1.165) is 51.7 Å². The second-order valence-electron chi connectivity index (χ2n) is 3.88. The van der Waals surface area contributed by atoms with Crippen molar-refractivity contribution in [1.82, 2.24) is 4.90 Å². The van der Waals surface area contributed by atoms with E-state index in [1.54, 1.807) is 0 Å². The average molecular weight is 187 g/mol. The summed E-state index contributed by atoms with van der Waals surface area (Å²) in [5.41, 5.74) is 0. The van der Waals surface area contributed by atoms with Crippen LogP contribution in [0.3, 0.4) is 0 Å². The van der Waals surface area contributed by atoms with E-state index in [2.05, 4.69) is 4.90 Å². The van der Waals surface area contributed by atoms with Crippen molar-refractivity contribution in [3.63, 3.8) is 0 Å². The molecule has 78 valence electrons.